The van der Waals surface area contributed by atoms with E-state index in [1.807, 2.05) is 12.1 Å². The number of carbonyl (C=O) groups is 1. The predicted molar refractivity (Wildman–Crippen MR) is 87.4 cm³/mol. The molecule has 0 atom stereocenters. The molecular formula is C16H15ClFNOS. The standard InChI is InChI=1S/C16H15ClFNOS/c1-11-4-2-3-5-12(11)9-21-10-16(20)19-13-6-7-15(18)14(17)8-13/h2-8H,9-10H2,1H3,(H,19,20). The van der Waals surface area contributed by atoms with Crippen LogP contribution in [0.1, 0.15) is 11.1 Å². The summed E-state index contributed by atoms with van der Waals surface area (Å²) in [7, 11) is 0. The summed E-state index contributed by atoms with van der Waals surface area (Å²) in [5, 5.41) is 2.70. The minimum atomic E-state index is -0.497. The Kier molecular flexibility index (Phi) is 5.65. The van der Waals surface area contributed by atoms with Gasteiger partial charge in [-0.1, -0.05) is 35.9 Å². The molecule has 1 amide bonds. The fraction of sp³-hybridized carbons (Fsp3) is 0.188. The number of anilines is 1. The minimum absolute atomic E-state index is 0.000336. The number of nitrogens with one attached hydrogen (secondary N) is 1. The molecule has 0 aromatic heterocycles. The SMILES string of the molecule is Cc1ccccc1CSCC(=O)Nc1ccc(F)c(Cl)c1. The molecular weight excluding hydrogens is 309 g/mol. The quantitative estimate of drug-likeness (QED) is 0.867. The first-order valence-corrected chi connectivity index (χ1v) is 7.96. The smallest absolute Gasteiger partial charge is 0.234 e. The number of aryl methyl sites for hydroxylation is 1. The van der Waals surface area contributed by atoms with E-state index in [1.165, 1.54) is 41.1 Å². The van der Waals surface area contributed by atoms with E-state index in [-0.39, 0.29) is 10.9 Å². The maximum atomic E-state index is 13.0. The van der Waals surface area contributed by atoms with Crippen molar-refractivity contribution in [1.82, 2.24) is 0 Å². The second-order valence-electron chi connectivity index (χ2n) is 4.60. The Balaban J connectivity index is 1.82. The van der Waals surface area contributed by atoms with E-state index in [4.69, 9.17) is 11.6 Å². The van der Waals surface area contributed by atoms with Gasteiger partial charge in [0, 0.05) is 11.4 Å². The first kappa shape index (κ1) is 15.9. The molecule has 2 aromatic rings. The second-order valence-corrected chi connectivity index (χ2v) is 5.99. The highest BCUT2D eigenvalue weighted by Gasteiger charge is 2.06. The lowest BCUT2D eigenvalue weighted by Crippen LogP contribution is -2.14. The molecule has 0 aliphatic carbocycles. The van der Waals surface area contributed by atoms with Crippen LogP contribution in [-0.4, -0.2) is 11.7 Å². The highest BCUT2D eigenvalue weighted by molar-refractivity contribution is 7.99. The van der Waals surface area contributed by atoms with Gasteiger partial charge in [0.1, 0.15) is 5.82 Å². The maximum absolute atomic E-state index is 13.0. The largest absolute Gasteiger partial charge is 0.325 e. The molecule has 110 valence electrons. The van der Waals surface area contributed by atoms with Crippen LogP contribution in [0, 0.1) is 12.7 Å². The van der Waals surface area contributed by atoms with E-state index in [0.29, 0.717) is 11.4 Å². The third-order valence-electron chi connectivity index (χ3n) is 2.96. The molecule has 21 heavy (non-hydrogen) atoms. The van der Waals surface area contributed by atoms with E-state index in [1.54, 1.807) is 0 Å². The van der Waals surface area contributed by atoms with Gasteiger partial charge in [-0.25, -0.2) is 4.39 Å². The molecule has 0 radical (unpaired) electrons. The fourth-order valence-corrected chi connectivity index (χ4v) is 2.88. The van der Waals surface area contributed by atoms with Crippen molar-refractivity contribution < 1.29 is 9.18 Å². The summed E-state index contributed by atoms with van der Waals surface area (Å²) in [5.41, 5.74) is 2.94. The zero-order chi connectivity index (χ0) is 15.2. The van der Waals surface area contributed by atoms with Gasteiger partial charge >= 0.3 is 0 Å². The number of hydrogen-bond donors (Lipinski definition) is 1. The molecule has 0 saturated heterocycles. The van der Waals surface area contributed by atoms with Crippen molar-refractivity contribution in [3.8, 4) is 0 Å². The van der Waals surface area contributed by atoms with Crippen LogP contribution >= 0.6 is 23.4 Å². The van der Waals surface area contributed by atoms with Gasteiger partial charge in [0.05, 0.1) is 10.8 Å². The number of carbonyl (C=O) groups excluding carboxylic acids is 1. The van der Waals surface area contributed by atoms with Gasteiger partial charge in [0.25, 0.3) is 0 Å². The highest BCUT2D eigenvalue weighted by Crippen LogP contribution is 2.20. The molecule has 0 aliphatic rings. The molecule has 0 heterocycles. The van der Waals surface area contributed by atoms with Crippen LogP contribution in [-0.2, 0) is 10.5 Å². The fourth-order valence-electron chi connectivity index (χ4n) is 1.80. The zero-order valence-corrected chi connectivity index (χ0v) is 13.1. The summed E-state index contributed by atoms with van der Waals surface area (Å²) in [5.74, 6) is 0.494. The number of rotatable bonds is 5. The van der Waals surface area contributed by atoms with Gasteiger partial charge in [0.15, 0.2) is 0 Å². The van der Waals surface area contributed by atoms with E-state index >= 15 is 0 Å². The zero-order valence-electron chi connectivity index (χ0n) is 11.5. The molecule has 0 unspecified atom stereocenters. The number of amides is 1. The van der Waals surface area contributed by atoms with E-state index < -0.39 is 5.82 Å². The summed E-state index contributed by atoms with van der Waals surface area (Å²) >= 11 is 7.20. The average molecular weight is 324 g/mol. The van der Waals surface area contributed by atoms with Crippen LogP contribution in [0.2, 0.25) is 5.02 Å². The molecule has 0 fully saturated rings. The van der Waals surface area contributed by atoms with Gasteiger partial charge in [-0.15, -0.1) is 11.8 Å². The normalized spacial score (nSPS) is 10.4. The average Bonchev–Trinajstić information content (AvgIpc) is 2.45. The van der Waals surface area contributed by atoms with Gasteiger partial charge in [0.2, 0.25) is 5.91 Å². The van der Waals surface area contributed by atoms with Crippen molar-refractivity contribution >= 4 is 35.0 Å². The third kappa shape index (κ3) is 4.76. The maximum Gasteiger partial charge on any atom is 0.234 e. The molecule has 0 bridgehead atoms. The van der Waals surface area contributed by atoms with Crippen molar-refractivity contribution in [3.63, 3.8) is 0 Å². The lowest BCUT2D eigenvalue weighted by molar-refractivity contribution is -0.113. The van der Waals surface area contributed by atoms with Gasteiger partial charge in [-0.05, 0) is 36.2 Å². The summed E-state index contributed by atoms with van der Waals surface area (Å²) in [6.45, 7) is 2.05. The second kappa shape index (κ2) is 7.48. The van der Waals surface area contributed by atoms with Crippen LogP contribution in [0.3, 0.4) is 0 Å². The summed E-state index contributed by atoms with van der Waals surface area (Å²) < 4.78 is 13.0. The summed E-state index contributed by atoms with van der Waals surface area (Å²) in [6, 6.07) is 12.2. The Morgan fingerprint density at radius 1 is 1.29 bits per heavy atom. The van der Waals surface area contributed by atoms with Crippen molar-refractivity contribution in [2.45, 2.75) is 12.7 Å². The number of benzene rings is 2. The van der Waals surface area contributed by atoms with Crippen LogP contribution in [0.15, 0.2) is 42.5 Å². The molecule has 0 aliphatic heterocycles. The Morgan fingerprint density at radius 3 is 2.76 bits per heavy atom. The lowest BCUT2D eigenvalue weighted by Gasteiger charge is -2.07. The molecule has 2 aromatic carbocycles. The third-order valence-corrected chi connectivity index (χ3v) is 4.23. The molecule has 2 rings (SSSR count). The number of halogens is 2. The van der Waals surface area contributed by atoms with Gasteiger partial charge in [-0.3, -0.25) is 4.79 Å². The number of thioether (sulfide) groups is 1. The van der Waals surface area contributed by atoms with Crippen molar-refractivity contribution in [3.05, 3.63) is 64.4 Å². The number of hydrogen-bond acceptors (Lipinski definition) is 2. The van der Waals surface area contributed by atoms with Crippen LogP contribution < -0.4 is 5.32 Å². The molecule has 2 nitrogen and oxygen atoms in total. The molecule has 1 N–H and O–H groups in total. The predicted octanol–water partition coefficient (Wildman–Crippen LogP) is 4.66. The van der Waals surface area contributed by atoms with Crippen LogP contribution in [0.25, 0.3) is 0 Å². The van der Waals surface area contributed by atoms with Crippen LogP contribution in [0.5, 0.6) is 0 Å². The Morgan fingerprint density at radius 2 is 2.05 bits per heavy atom. The van der Waals surface area contributed by atoms with Gasteiger partial charge in [-0.2, -0.15) is 0 Å². The van der Waals surface area contributed by atoms with E-state index in [9.17, 15) is 9.18 Å². The monoisotopic (exact) mass is 323 g/mol. The van der Waals surface area contributed by atoms with Crippen molar-refractivity contribution in [1.29, 1.82) is 0 Å². The Labute approximate surface area is 132 Å². The van der Waals surface area contributed by atoms with Crippen LogP contribution in [0.4, 0.5) is 10.1 Å². The minimum Gasteiger partial charge on any atom is -0.325 e. The first-order chi connectivity index (χ1) is 10.1. The molecule has 0 saturated carbocycles. The first-order valence-electron chi connectivity index (χ1n) is 6.43. The van der Waals surface area contributed by atoms with Gasteiger partial charge < -0.3 is 5.32 Å². The molecule has 0 spiro atoms. The Hall–Kier alpha value is -1.52. The summed E-state index contributed by atoms with van der Waals surface area (Å²) in [4.78, 5) is 11.8. The summed E-state index contributed by atoms with van der Waals surface area (Å²) in [6.07, 6.45) is 0. The topological polar surface area (TPSA) is 29.1 Å². The highest BCUT2D eigenvalue weighted by atomic mass is 35.5. The van der Waals surface area contributed by atoms with Crippen molar-refractivity contribution in [2.24, 2.45) is 0 Å². The lowest BCUT2D eigenvalue weighted by atomic mass is 10.1. The van der Waals surface area contributed by atoms with E-state index in [2.05, 4.69) is 24.4 Å². The molecule has 5 heteroatoms. The van der Waals surface area contributed by atoms with Crippen molar-refractivity contribution in [2.75, 3.05) is 11.1 Å². The Bertz CT molecular complexity index is 648. The van der Waals surface area contributed by atoms with E-state index in [0.717, 1.165) is 5.75 Å².